The second-order valence-corrected chi connectivity index (χ2v) is 10.4. The minimum Gasteiger partial charge on any atom is -0.490 e. The van der Waals surface area contributed by atoms with Crippen LogP contribution in [0.4, 0.5) is 39.5 Å². The SMILES string of the molecule is CCOC(C)(c1cc(C(F)(F)F)ccc1OB(Oc1ccc(C(F)(F)F)cc1)Oc1ccc(C(F)(F)F)cc1)[N+](CC)(CC)CC. The summed E-state index contributed by atoms with van der Waals surface area (Å²) in [5, 5.41) is 0. The number of nitrogens with zero attached hydrogens (tertiary/aromatic N) is 1. The molecule has 0 aliphatic rings. The molecule has 1 atom stereocenters. The number of alkyl halides is 9. The van der Waals surface area contributed by atoms with Gasteiger partial charge in [-0.2, -0.15) is 39.5 Å². The van der Waals surface area contributed by atoms with E-state index in [1.807, 2.05) is 20.8 Å². The molecule has 0 aliphatic heterocycles. The van der Waals surface area contributed by atoms with Crippen molar-refractivity contribution >= 4 is 7.32 Å². The molecule has 0 amide bonds. The van der Waals surface area contributed by atoms with Crippen molar-refractivity contribution in [1.29, 1.82) is 0 Å². The Bertz CT molecular complexity index is 1360. The van der Waals surface area contributed by atoms with Crippen LogP contribution in [0.1, 0.15) is 56.9 Å². The molecule has 0 aliphatic carbocycles. The molecule has 0 saturated heterocycles. The molecule has 0 bridgehead atoms. The smallest absolute Gasteiger partial charge is 0.490 e. The van der Waals surface area contributed by atoms with Crippen LogP contribution in [-0.4, -0.2) is 38.0 Å². The summed E-state index contributed by atoms with van der Waals surface area (Å²) in [6.07, 6.45) is -14.0. The Hall–Kier alpha value is -3.59. The largest absolute Gasteiger partial charge is 0.864 e. The monoisotopic (exact) mass is 666 g/mol. The first-order valence-electron chi connectivity index (χ1n) is 14.4. The Morgan fingerprint density at radius 2 is 0.957 bits per heavy atom. The summed E-state index contributed by atoms with van der Waals surface area (Å²) in [7, 11) is -1.89. The zero-order chi connectivity index (χ0) is 34.6. The van der Waals surface area contributed by atoms with E-state index >= 15 is 0 Å². The van der Waals surface area contributed by atoms with Gasteiger partial charge >= 0.3 is 25.9 Å². The summed E-state index contributed by atoms with van der Waals surface area (Å²) < 4.78 is 144. The predicted octanol–water partition coefficient (Wildman–Crippen LogP) is 9.35. The van der Waals surface area contributed by atoms with Crippen molar-refractivity contribution in [3.63, 3.8) is 0 Å². The lowest BCUT2D eigenvalue weighted by atomic mass is 9.94. The highest BCUT2D eigenvalue weighted by Crippen LogP contribution is 2.44. The number of ether oxygens (including phenoxy) is 1. The van der Waals surface area contributed by atoms with E-state index in [-0.39, 0.29) is 33.9 Å². The number of hydrogen-bond acceptors (Lipinski definition) is 4. The van der Waals surface area contributed by atoms with E-state index in [9.17, 15) is 39.5 Å². The fourth-order valence-corrected chi connectivity index (χ4v) is 5.34. The molecule has 0 aromatic heterocycles. The molecular weight excluding hydrogens is 632 g/mol. The molecule has 15 heteroatoms. The van der Waals surface area contributed by atoms with Gasteiger partial charge in [-0.05, 0) is 94.4 Å². The molecule has 0 radical (unpaired) electrons. The van der Waals surface area contributed by atoms with Gasteiger partial charge in [0.2, 0.25) is 5.72 Å². The Morgan fingerprint density at radius 3 is 1.30 bits per heavy atom. The van der Waals surface area contributed by atoms with E-state index < -0.39 is 48.3 Å². The van der Waals surface area contributed by atoms with Crippen molar-refractivity contribution in [2.45, 2.75) is 58.9 Å². The maximum atomic E-state index is 14.0. The topological polar surface area (TPSA) is 36.9 Å². The highest BCUT2D eigenvalue weighted by atomic mass is 19.4. The van der Waals surface area contributed by atoms with Gasteiger partial charge in [0.05, 0.1) is 48.5 Å². The minimum absolute atomic E-state index is 0.0215. The minimum atomic E-state index is -4.74. The van der Waals surface area contributed by atoms with Crippen molar-refractivity contribution < 1.29 is 62.7 Å². The van der Waals surface area contributed by atoms with E-state index in [1.165, 1.54) is 0 Å². The van der Waals surface area contributed by atoms with Crippen LogP contribution in [-0.2, 0) is 29.0 Å². The molecule has 46 heavy (non-hydrogen) atoms. The Morgan fingerprint density at radius 1 is 0.565 bits per heavy atom. The normalized spacial score (nSPS) is 14.0. The van der Waals surface area contributed by atoms with Crippen LogP contribution < -0.4 is 14.0 Å². The van der Waals surface area contributed by atoms with Gasteiger partial charge in [0, 0.05) is 6.92 Å². The van der Waals surface area contributed by atoms with E-state index in [0.29, 0.717) is 19.6 Å². The molecule has 3 aromatic rings. The second kappa shape index (κ2) is 14.0. The van der Waals surface area contributed by atoms with Crippen LogP contribution in [0.25, 0.3) is 0 Å². The van der Waals surface area contributed by atoms with E-state index in [0.717, 1.165) is 66.7 Å². The molecule has 0 saturated carbocycles. The molecule has 0 spiro atoms. The molecule has 0 N–H and O–H groups in total. The van der Waals surface area contributed by atoms with Crippen molar-refractivity contribution in [2.75, 3.05) is 26.2 Å². The first-order valence-corrected chi connectivity index (χ1v) is 14.4. The number of rotatable bonds is 13. The van der Waals surface area contributed by atoms with Crippen molar-refractivity contribution in [3.8, 4) is 17.2 Å². The summed E-state index contributed by atoms with van der Waals surface area (Å²) in [6.45, 7) is 10.4. The van der Waals surface area contributed by atoms with Crippen molar-refractivity contribution in [2.24, 2.45) is 0 Å². The van der Waals surface area contributed by atoms with Crippen molar-refractivity contribution in [3.05, 3.63) is 89.0 Å². The van der Waals surface area contributed by atoms with Gasteiger partial charge in [-0.3, -0.25) is 4.48 Å². The highest BCUT2D eigenvalue weighted by Gasteiger charge is 2.50. The first-order chi connectivity index (χ1) is 21.3. The Kier molecular flexibility index (Phi) is 11.3. The van der Waals surface area contributed by atoms with Gasteiger partial charge < -0.3 is 18.7 Å². The quantitative estimate of drug-likeness (QED) is 0.0789. The predicted molar refractivity (Wildman–Crippen MR) is 153 cm³/mol. The van der Waals surface area contributed by atoms with Gasteiger partial charge in [-0.15, -0.1) is 0 Å². The lowest BCUT2D eigenvalue weighted by molar-refractivity contribution is -1.00. The molecule has 252 valence electrons. The molecule has 3 rings (SSSR count). The maximum absolute atomic E-state index is 14.0. The standard InChI is InChI=1S/C31H34BF9NO4/c1-6-42(7-2,8-3)28(5,43-9-4)26-20-23(31(39,40)41)14-19-27(26)46-32(44-24-15-10-21(11-16-24)29(33,34)35)45-25-17-12-22(13-18-25)30(36,37)38/h10-20H,6-9H2,1-5H3/q+1. The number of halogens is 9. The van der Waals surface area contributed by atoms with Crippen LogP contribution in [0.5, 0.6) is 17.2 Å². The molecule has 3 aromatic carbocycles. The van der Waals surface area contributed by atoms with E-state index in [2.05, 4.69) is 0 Å². The average molecular weight is 666 g/mol. The summed E-state index contributed by atoms with van der Waals surface area (Å²) in [4.78, 5) is 0. The highest BCUT2D eigenvalue weighted by molar-refractivity contribution is 6.39. The zero-order valence-electron chi connectivity index (χ0n) is 25.7. The lowest BCUT2D eigenvalue weighted by Crippen LogP contribution is -2.62. The van der Waals surface area contributed by atoms with Gasteiger partial charge in [0.25, 0.3) is 0 Å². The van der Waals surface area contributed by atoms with Gasteiger partial charge in [0.15, 0.2) is 0 Å². The average Bonchev–Trinajstić information content (AvgIpc) is 2.97. The molecule has 5 nitrogen and oxygen atoms in total. The zero-order valence-corrected chi connectivity index (χ0v) is 25.7. The maximum Gasteiger partial charge on any atom is 0.864 e. The summed E-state index contributed by atoms with van der Waals surface area (Å²) in [5.74, 6) is -0.552. The Labute approximate surface area is 261 Å². The molecule has 0 heterocycles. The number of quaternary nitrogens is 1. The first kappa shape index (κ1) is 36.9. The van der Waals surface area contributed by atoms with E-state index in [4.69, 9.17) is 18.7 Å². The number of hydrogen-bond donors (Lipinski definition) is 0. The molecular formula is C31H34BF9NO4+. The third-order valence-corrected chi connectivity index (χ3v) is 8.00. The summed E-state index contributed by atoms with van der Waals surface area (Å²) in [6, 6.07) is 9.53. The van der Waals surface area contributed by atoms with Gasteiger partial charge in [-0.25, -0.2) is 0 Å². The van der Waals surface area contributed by atoms with Crippen LogP contribution in [0.2, 0.25) is 0 Å². The Balaban J connectivity index is 2.17. The van der Waals surface area contributed by atoms with Crippen LogP contribution in [0.3, 0.4) is 0 Å². The van der Waals surface area contributed by atoms with E-state index in [1.54, 1.807) is 13.8 Å². The molecule has 0 fully saturated rings. The van der Waals surface area contributed by atoms with Gasteiger partial charge in [0.1, 0.15) is 17.2 Å². The van der Waals surface area contributed by atoms with Crippen LogP contribution in [0.15, 0.2) is 66.7 Å². The lowest BCUT2D eigenvalue weighted by Gasteiger charge is -2.50. The summed E-state index contributed by atoms with van der Waals surface area (Å²) >= 11 is 0. The fourth-order valence-electron chi connectivity index (χ4n) is 5.34. The summed E-state index contributed by atoms with van der Waals surface area (Å²) in [5.41, 5.74) is -4.40. The van der Waals surface area contributed by atoms with Crippen molar-refractivity contribution in [1.82, 2.24) is 0 Å². The molecule has 1 unspecified atom stereocenters. The second-order valence-electron chi connectivity index (χ2n) is 10.4. The van der Waals surface area contributed by atoms with Gasteiger partial charge in [-0.1, -0.05) is 0 Å². The third kappa shape index (κ3) is 8.22. The third-order valence-electron chi connectivity index (χ3n) is 8.00. The van der Waals surface area contributed by atoms with Crippen LogP contribution >= 0.6 is 0 Å². The number of benzene rings is 3. The van der Waals surface area contributed by atoms with Crippen LogP contribution in [0, 0.1) is 0 Å². The fraction of sp³-hybridized carbons (Fsp3) is 0.419.